The van der Waals surface area contributed by atoms with Crippen molar-refractivity contribution in [1.82, 2.24) is 4.98 Å². The Bertz CT molecular complexity index is 657. The summed E-state index contributed by atoms with van der Waals surface area (Å²) in [5.41, 5.74) is 2.58. The van der Waals surface area contributed by atoms with Gasteiger partial charge in [-0.25, -0.2) is 4.79 Å². The summed E-state index contributed by atoms with van der Waals surface area (Å²) in [5.74, 6) is -0.992. The molecule has 0 aliphatic carbocycles. The number of nitrogens with zero attached hydrogens (tertiary/aromatic N) is 2. The van der Waals surface area contributed by atoms with E-state index in [4.69, 9.17) is 16.7 Å². The third-order valence-corrected chi connectivity index (χ3v) is 3.17. The normalized spacial score (nSPS) is 10.8. The molecule has 0 spiro atoms. The number of benzene rings is 1. The van der Waals surface area contributed by atoms with Gasteiger partial charge in [0, 0.05) is 30.0 Å². The molecule has 108 valence electrons. The first kappa shape index (κ1) is 15.1. The minimum absolute atomic E-state index is 0.565. The summed E-state index contributed by atoms with van der Waals surface area (Å²) in [5, 5.41) is 9.33. The molecule has 0 amide bonds. The number of aliphatic carboxylic acids is 1. The van der Waals surface area contributed by atoms with Crippen molar-refractivity contribution in [2.24, 2.45) is 0 Å². The Kier molecular flexibility index (Phi) is 4.95. The molecule has 0 bridgehead atoms. The summed E-state index contributed by atoms with van der Waals surface area (Å²) >= 11 is 5.98. The average molecular weight is 303 g/mol. The van der Waals surface area contributed by atoms with Crippen LogP contribution in [0, 0.1) is 0 Å². The second-order valence-corrected chi connectivity index (χ2v) is 4.99. The van der Waals surface area contributed by atoms with E-state index in [1.165, 1.54) is 0 Å². The lowest BCUT2D eigenvalue weighted by atomic mass is 10.1. The van der Waals surface area contributed by atoms with Gasteiger partial charge in [-0.15, -0.1) is 0 Å². The van der Waals surface area contributed by atoms with E-state index >= 15 is 0 Å². The average Bonchev–Trinajstić information content (AvgIpc) is 2.46. The van der Waals surface area contributed by atoms with Crippen LogP contribution in [0.4, 0.5) is 5.69 Å². The van der Waals surface area contributed by atoms with Crippen molar-refractivity contribution in [3.63, 3.8) is 0 Å². The fourth-order valence-corrected chi connectivity index (χ4v) is 2.17. The molecule has 0 radical (unpaired) electrons. The Morgan fingerprint density at radius 2 is 2.19 bits per heavy atom. The van der Waals surface area contributed by atoms with Gasteiger partial charge in [-0.3, -0.25) is 4.98 Å². The summed E-state index contributed by atoms with van der Waals surface area (Å²) < 4.78 is 0. The molecule has 2 aromatic rings. The quantitative estimate of drug-likeness (QED) is 0.859. The second-order valence-electron chi connectivity index (χ2n) is 4.55. The molecule has 1 aromatic heterocycles. The Hall–Kier alpha value is -2.33. The van der Waals surface area contributed by atoms with Crippen molar-refractivity contribution in [2.75, 3.05) is 11.9 Å². The van der Waals surface area contributed by atoms with E-state index < -0.39 is 5.97 Å². The molecule has 1 heterocycles. The van der Waals surface area contributed by atoms with E-state index in [9.17, 15) is 4.79 Å². The van der Waals surface area contributed by atoms with Gasteiger partial charge in [0.05, 0.1) is 12.2 Å². The van der Waals surface area contributed by atoms with Gasteiger partial charge in [0.15, 0.2) is 0 Å². The highest BCUT2D eigenvalue weighted by atomic mass is 35.5. The summed E-state index contributed by atoms with van der Waals surface area (Å²) in [7, 11) is 1.93. The van der Waals surface area contributed by atoms with E-state index in [1.807, 2.05) is 36.2 Å². The van der Waals surface area contributed by atoms with Crippen molar-refractivity contribution in [3.8, 4) is 0 Å². The van der Waals surface area contributed by atoms with Gasteiger partial charge in [-0.1, -0.05) is 17.7 Å². The second kappa shape index (κ2) is 6.90. The van der Waals surface area contributed by atoms with Gasteiger partial charge in [-0.2, -0.15) is 0 Å². The zero-order valence-electron chi connectivity index (χ0n) is 11.5. The van der Waals surface area contributed by atoms with Crippen molar-refractivity contribution >= 4 is 29.3 Å². The Balaban J connectivity index is 2.27. The Morgan fingerprint density at radius 1 is 1.38 bits per heavy atom. The minimum Gasteiger partial charge on any atom is -0.478 e. The lowest BCUT2D eigenvalue weighted by Crippen LogP contribution is -2.18. The first-order valence-corrected chi connectivity index (χ1v) is 6.75. The monoisotopic (exact) mass is 302 g/mol. The molecule has 0 atom stereocenters. The van der Waals surface area contributed by atoms with Crippen LogP contribution in [0.1, 0.15) is 11.3 Å². The van der Waals surface area contributed by atoms with Gasteiger partial charge in [0.2, 0.25) is 0 Å². The third-order valence-electron chi connectivity index (χ3n) is 2.93. The van der Waals surface area contributed by atoms with E-state index in [1.54, 1.807) is 24.4 Å². The lowest BCUT2D eigenvalue weighted by Gasteiger charge is -2.21. The van der Waals surface area contributed by atoms with Gasteiger partial charge >= 0.3 is 5.97 Å². The number of aromatic nitrogens is 1. The molecule has 2 rings (SSSR count). The summed E-state index contributed by atoms with van der Waals surface area (Å²) in [6, 6.07) is 11.1. The number of rotatable bonds is 5. The smallest absolute Gasteiger partial charge is 0.328 e. The summed E-state index contributed by atoms with van der Waals surface area (Å²) in [6.45, 7) is 0.621. The molecule has 5 heteroatoms. The lowest BCUT2D eigenvalue weighted by molar-refractivity contribution is -0.131. The predicted molar refractivity (Wildman–Crippen MR) is 84.5 cm³/mol. The molecule has 1 aromatic carbocycles. The molecule has 0 fully saturated rings. The van der Waals surface area contributed by atoms with E-state index in [0.29, 0.717) is 11.6 Å². The molecular weight excluding hydrogens is 288 g/mol. The van der Waals surface area contributed by atoms with E-state index in [2.05, 4.69) is 4.98 Å². The summed E-state index contributed by atoms with van der Waals surface area (Å²) in [6.07, 6.45) is 4.39. The predicted octanol–water partition coefficient (Wildman–Crippen LogP) is 3.47. The topological polar surface area (TPSA) is 53.4 Å². The molecule has 21 heavy (non-hydrogen) atoms. The van der Waals surface area contributed by atoms with Gasteiger partial charge < -0.3 is 10.0 Å². The maximum Gasteiger partial charge on any atom is 0.328 e. The highest BCUT2D eigenvalue weighted by Gasteiger charge is 2.08. The zero-order chi connectivity index (χ0) is 15.2. The van der Waals surface area contributed by atoms with Crippen LogP contribution in [0.3, 0.4) is 0 Å². The molecule has 0 saturated carbocycles. The third kappa shape index (κ3) is 4.33. The first-order chi connectivity index (χ1) is 10.1. The van der Waals surface area contributed by atoms with Crippen LogP contribution < -0.4 is 4.90 Å². The van der Waals surface area contributed by atoms with Crippen LogP contribution >= 0.6 is 11.6 Å². The van der Waals surface area contributed by atoms with Crippen molar-refractivity contribution in [1.29, 1.82) is 0 Å². The van der Waals surface area contributed by atoms with E-state index in [-0.39, 0.29) is 0 Å². The minimum atomic E-state index is -0.992. The molecule has 0 unspecified atom stereocenters. The Morgan fingerprint density at radius 3 is 2.86 bits per heavy atom. The van der Waals surface area contributed by atoms with E-state index in [0.717, 1.165) is 23.0 Å². The number of hydrogen-bond acceptors (Lipinski definition) is 3. The standard InChI is InChI=1S/C16H15ClN2O2/c1-19(11-14-4-2-3-9-18-14)15-7-6-13(17)10-12(15)5-8-16(20)21/h2-10H,11H2,1H3,(H,20,21)/b8-5+. The maximum atomic E-state index is 10.7. The number of carboxylic acid groups (broad SMARTS) is 1. The maximum absolute atomic E-state index is 10.7. The zero-order valence-corrected chi connectivity index (χ0v) is 12.3. The SMILES string of the molecule is CN(Cc1ccccn1)c1ccc(Cl)cc1/C=C/C(=O)O. The van der Waals surface area contributed by atoms with Crippen molar-refractivity contribution in [2.45, 2.75) is 6.54 Å². The highest BCUT2D eigenvalue weighted by molar-refractivity contribution is 6.30. The van der Waals surface area contributed by atoms with Crippen LogP contribution in [0.15, 0.2) is 48.7 Å². The fraction of sp³-hybridized carbons (Fsp3) is 0.125. The van der Waals surface area contributed by atoms with Gasteiger partial charge in [-0.05, 0) is 42.0 Å². The van der Waals surface area contributed by atoms with Crippen LogP contribution in [0.25, 0.3) is 6.08 Å². The molecule has 1 N–H and O–H groups in total. The largest absolute Gasteiger partial charge is 0.478 e. The molecule has 0 aliphatic rings. The molecular formula is C16H15ClN2O2. The fourth-order valence-electron chi connectivity index (χ4n) is 1.99. The van der Waals surface area contributed by atoms with Gasteiger partial charge in [0.25, 0.3) is 0 Å². The number of hydrogen-bond donors (Lipinski definition) is 1. The molecule has 4 nitrogen and oxygen atoms in total. The Labute approximate surface area is 128 Å². The molecule has 0 aliphatic heterocycles. The molecule has 0 saturated heterocycles. The van der Waals surface area contributed by atoms with Crippen molar-refractivity contribution in [3.05, 3.63) is 65.0 Å². The van der Waals surface area contributed by atoms with Crippen LogP contribution in [-0.2, 0) is 11.3 Å². The van der Waals surface area contributed by atoms with Crippen molar-refractivity contribution < 1.29 is 9.90 Å². The van der Waals surface area contributed by atoms with Crippen LogP contribution in [0.2, 0.25) is 5.02 Å². The van der Waals surface area contributed by atoms with Crippen LogP contribution in [-0.4, -0.2) is 23.1 Å². The van der Waals surface area contributed by atoms with Crippen LogP contribution in [0.5, 0.6) is 0 Å². The summed E-state index contributed by atoms with van der Waals surface area (Å²) in [4.78, 5) is 17.0. The first-order valence-electron chi connectivity index (χ1n) is 6.38. The number of carbonyl (C=O) groups is 1. The van der Waals surface area contributed by atoms with Gasteiger partial charge in [0.1, 0.15) is 0 Å². The number of halogens is 1. The number of anilines is 1. The number of pyridine rings is 1. The number of carboxylic acids is 1. The highest BCUT2D eigenvalue weighted by Crippen LogP contribution is 2.25.